The Morgan fingerprint density at radius 3 is 2.74 bits per heavy atom. The molecule has 0 radical (unpaired) electrons. The first kappa shape index (κ1) is 17.7. The lowest BCUT2D eigenvalue weighted by Crippen LogP contribution is -2.37. The van der Waals surface area contributed by atoms with Crippen molar-refractivity contribution in [2.45, 2.75) is 24.5 Å². The lowest BCUT2D eigenvalue weighted by molar-refractivity contribution is -0.116. The lowest BCUT2D eigenvalue weighted by Gasteiger charge is -2.22. The minimum atomic E-state index is -0.344. The predicted octanol–water partition coefficient (Wildman–Crippen LogP) is 3.69. The number of fused-ring (bicyclic) bond motifs is 1. The van der Waals surface area contributed by atoms with Gasteiger partial charge < -0.3 is 9.47 Å². The van der Waals surface area contributed by atoms with E-state index in [0.29, 0.717) is 16.5 Å². The van der Waals surface area contributed by atoms with Crippen LogP contribution < -0.4 is 4.90 Å². The minimum Gasteiger partial charge on any atom is -0.308 e. The molecule has 3 aromatic rings. The topological polar surface area (TPSA) is 51.0 Å². The standard InChI is InChI=1S/C20H19FN4OS/c1-13-11-14-7-3-6-10-17(14)25(13)18(26)12-27-20-23-22-19(24(20)2)15-8-4-5-9-16(15)21/h3-10,13H,11-12H2,1-2H3/t13-/m1/s1. The Bertz CT molecular complexity index is 1000. The quantitative estimate of drug-likeness (QED) is 0.646. The molecule has 7 heteroatoms. The number of aromatic nitrogens is 3. The van der Waals surface area contributed by atoms with Crippen molar-refractivity contribution in [1.29, 1.82) is 0 Å². The maximum atomic E-state index is 14.0. The van der Waals surface area contributed by atoms with E-state index < -0.39 is 0 Å². The summed E-state index contributed by atoms with van der Waals surface area (Å²) in [6.07, 6.45) is 0.869. The minimum absolute atomic E-state index is 0.0351. The zero-order valence-electron chi connectivity index (χ0n) is 15.1. The fraction of sp³-hybridized carbons (Fsp3) is 0.250. The van der Waals surface area contributed by atoms with Gasteiger partial charge in [0.15, 0.2) is 11.0 Å². The molecule has 1 aliphatic rings. The van der Waals surface area contributed by atoms with Gasteiger partial charge >= 0.3 is 0 Å². The molecule has 0 N–H and O–H groups in total. The number of hydrogen-bond acceptors (Lipinski definition) is 4. The van der Waals surface area contributed by atoms with Gasteiger partial charge in [0.05, 0.1) is 11.3 Å². The summed E-state index contributed by atoms with van der Waals surface area (Å²) in [5.74, 6) is 0.390. The van der Waals surface area contributed by atoms with Gasteiger partial charge in [-0.2, -0.15) is 0 Å². The average molecular weight is 382 g/mol. The third-order valence-electron chi connectivity index (χ3n) is 4.75. The number of nitrogens with zero attached hydrogens (tertiary/aromatic N) is 4. The van der Waals surface area contributed by atoms with Crippen molar-refractivity contribution in [3.63, 3.8) is 0 Å². The van der Waals surface area contributed by atoms with E-state index in [1.165, 1.54) is 23.4 Å². The number of carbonyl (C=O) groups excluding carboxylic acids is 1. The molecule has 5 nitrogen and oxygen atoms in total. The molecule has 138 valence electrons. The van der Waals surface area contributed by atoms with Crippen molar-refractivity contribution in [2.24, 2.45) is 7.05 Å². The number of thioether (sulfide) groups is 1. The Hall–Kier alpha value is -2.67. The number of anilines is 1. The van der Waals surface area contributed by atoms with Gasteiger partial charge in [0.2, 0.25) is 5.91 Å². The molecule has 1 amide bonds. The Labute approximate surface area is 161 Å². The average Bonchev–Trinajstić information content (AvgIpc) is 3.19. The van der Waals surface area contributed by atoms with E-state index in [2.05, 4.69) is 23.2 Å². The van der Waals surface area contributed by atoms with Gasteiger partial charge in [0.1, 0.15) is 5.82 Å². The SMILES string of the molecule is C[C@@H]1Cc2ccccc2N1C(=O)CSc1nnc(-c2ccccc2F)n1C. The molecule has 1 atom stereocenters. The van der Waals surface area contributed by atoms with Crippen LogP contribution in [0.3, 0.4) is 0 Å². The highest BCUT2D eigenvalue weighted by Crippen LogP contribution is 2.33. The zero-order chi connectivity index (χ0) is 19.0. The molecule has 0 bridgehead atoms. The van der Waals surface area contributed by atoms with Crippen molar-refractivity contribution in [2.75, 3.05) is 10.7 Å². The maximum absolute atomic E-state index is 14.0. The summed E-state index contributed by atoms with van der Waals surface area (Å²) in [6.45, 7) is 2.06. The first-order valence-corrected chi connectivity index (χ1v) is 9.72. The van der Waals surface area contributed by atoms with E-state index in [1.54, 1.807) is 29.8 Å². The van der Waals surface area contributed by atoms with Crippen LogP contribution in [-0.2, 0) is 18.3 Å². The van der Waals surface area contributed by atoms with Crippen LogP contribution in [0.15, 0.2) is 53.7 Å². The summed E-state index contributed by atoms with van der Waals surface area (Å²) < 4.78 is 15.7. The molecule has 4 rings (SSSR count). The molecule has 1 aromatic heterocycles. The molecule has 27 heavy (non-hydrogen) atoms. The highest BCUT2D eigenvalue weighted by Gasteiger charge is 2.30. The number of para-hydroxylation sites is 1. The van der Waals surface area contributed by atoms with Crippen LogP contribution in [0.4, 0.5) is 10.1 Å². The molecule has 0 fully saturated rings. The van der Waals surface area contributed by atoms with Crippen LogP contribution in [0, 0.1) is 5.82 Å². The van der Waals surface area contributed by atoms with E-state index in [4.69, 9.17) is 0 Å². The van der Waals surface area contributed by atoms with Crippen molar-refractivity contribution >= 4 is 23.4 Å². The largest absolute Gasteiger partial charge is 0.308 e. The van der Waals surface area contributed by atoms with Gasteiger partial charge in [-0.05, 0) is 37.1 Å². The molecule has 2 aromatic carbocycles. The highest BCUT2D eigenvalue weighted by molar-refractivity contribution is 7.99. The monoisotopic (exact) mass is 382 g/mol. The molecule has 0 spiro atoms. The van der Waals surface area contributed by atoms with Crippen molar-refractivity contribution in [1.82, 2.24) is 14.8 Å². The third-order valence-corrected chi connectivity index (χ3v) is 5.76. The zero-order valence-corrected chi connectivity index (χ0v) is 15.9. The van der Waals surface area contributed by atoms with E-state index in [9.17, 15) is 9.18 Å². The molecule has 1 aliphatic heterocycles. The number of halogens is 1. The van der Waals surface area contributed by atoms with Crippen molar-refractivity contribution < 1.29 is 9.18 Å². The second kappa shape index (κ2) is 7.15. The lowest BCUT2D eigenvalue weighted by atomic mass is 10.1. The van der Waals surface area contributed by atoms with E-state index >= 15 is 0 Å². The van der Waals surface area contributed by atoms with Crippen LogP contribution in [0.1, 0.15) is 12.5 Å². The van der Waals surface area contributed by atoms with Gasteiger partial charge in [0, 0.05) is 18.8 Å². The van der Waals surface area contributed by atoms with Crippen LogP contribution in [0.2, 0.25) is 0 Å². The van der Waals surface area contributed by atoms with E-state index in [-0.39, 0.29) is 23.5 Å². The van der Waals surface area contributed by atoms with Gasteiger partial charge in [-0.15, -0.1) is 10.2 Å². The van der Waals surface area contributed by atoms with Gasteiger partial charge in [-0.3, -0.25) is 4.79 Å². The molecular formula is C20H19FN4OS. The third kappa shape index (κ3) is 3.23. The summed E-state index contributed by atoms with van der Waals surface area (Å²) in [5, 5.41) is 8.82. The Balaban J connectivity index is 1.50. The van der Waals surface area contributed by atoms with Crippen molar-refractivity contribution in [3.8, 4) is 11.4 Å². The number of amides is 1. The molecule has 0 unspecified atom stereocenters. The molecule has 0 aliphatic carbocycles. The van der Waals surface area contributed by atoms with E-state index in [0.717, 1.165) is 12.1 Å². The van der Waals surface area contributed by atoms with Gasteiger partial charge in [-0.25, -0.2) is 4.39 Å². The molecule has 0 saturated heterocycles. The fourth-order valence-electron chi connectivity index (χ4n) is 3.46. The Morgan fingerprint density at radius 2 is 1.93 bits per heavy atom. The maximum Gasteiger partial charge on any atom is 0.237 e. The fourth-order valence-corrected chi connectivity index (χ4v) is 4.23. The number of hydrogen-bond donors (Lipinski definition) is 0. The smallest absolute Gasteiger partial charge is 0.237 e. The second-order valence-corrected chi connectivity index (χ2v) is 7.52. The van der Waals surface area contributed by atoms with E-state index in [1.807, 2.05) is 23.1 Å². The summed E-state index contributed by atoms with van der Waals surface area (Å²) >= 11 is 1.32. The predicted molar refractivity (Wildman–Crippen MR) is 104 cm³/mol. The Kier molecular flexibility index (Phi) is 4.70. The number of benzene rings is 2. The van der Waals surface area contributed by atoms with Gasteiger partial charge in [-0.1, -0.05) is 42.1 Å². The number of rotatable bonds is 4. The number of carbonyl (C=O) groups is 1. The summed E-state index contributed by atoms with van der Waals surface area (Å²) in [5.41, 5.74) is 2.58. The molecule has 0 saturated carbocycles. The highest BCUT2D eigenvalue weighted by atomic mass is 32.2. The normalized spacial score (nSPS) is 15.8. The summed E-state index contributed by atoms with van der Waals surface area (Å²) in [4.78, 5) is 14.7. The first-order valence-electron chi connectivity index (χ1n) is 8.73. The van der Waals surface area contributed by atoms with Crippen LogP contribution in [0.25, 0.3) is 11.4 Å². The Morgan fingerprint density at radius 1 is 1.19 bits per heavy atom. The van der Waals surface area contributed by atoms with Crippen LogP contribution in [0.5, 0.6) is 0 Å². The molecular weight excluding hydrogens is 363 g/mol. The second-order valence-electron chi connectivity index (χ2n) is 6.58. The first-order chi connectivity index (χ1) is 13.1. The van der Waals surface area contributed by atoms with Crippen molar-refractivity contribution in [3.05, 3.63) is 59.9 Å². The summed E-state index contributed by atoms with van der Waals surface area (Å²) in [7, 11) is 1.78. The summed E-state index contributed by atoms with van der Waals surface area (Å²) in [6, 6.07) is 14.6. The van der Waals surface area contributed by atoms with Crippen LogP contribution >= 0.6 is 11.8 Å². The van der Waals surface area contributed by atoms with Crippen LogP contribution in [-0.4, -0.2) is 32.5 Å². The van der Waals surface area contributed by atoms with Gasteiger partial charge in [0.25, 0.3) is 0 Å². The molecule has 2 heterocycles.